The molecule has 0 aliphatic carbocycles. The molecule has 1 heterocycles. The summed E-state index contributed by atoms with van der Waals surface area (Å²) in [5.74, 6) is -0.907. The Hall–Kier alpha value is -1.67. The van der Waals surface area contributed by atoms with Crippen LogP contribution in [0, 0.1) is 5.82 Å². The van der Waals surface area contributed by atoms with Gasteiger partial charge in [-0.2, -0.15) is 8.42 Å². The second-order valence-corrected chi connectivity index (χ2v) is 5.22. The number of nitrogens with zero attached hydrogens (tertiary/aromatic N) is 1. The minimum atomic E-state index is -4.04. The number of fused-ring (bicyclic) bond motifs is 1. The van der Waals surface area contributed by atoms with Crippen LogP contribution in [0.1, 0.15) is 12.5 Å². The zero-order valence-corrected chi connectivity index (χ0v) is 10.4. The Morgan fingerprint density at radius 1 is 1.50 bits per heavy atom. The van der Waals surface area contributed by atoms with Crippen LogP contribution in [-0.2, 0) is 21.4 Å². The maximum absolute atomic E-state index is 13.7. The first-order chi connectivity index (χ1) is 8.31. The normalized spacial score (nSPS) is 14.8. The number of halogens is 1. The third-order valence-corrected chi connectivity index (χ3v) is 3.17. The zero-order chi connectivity index (χ0) is 13.5. The Balaban J connectivity index is 2.46. The highest BCUT2D eigenvalue weighted by Gasteiger charge is 2.27. The van der Waals surface area contributed by atoms with E-state index in [9.17, 15) is 17.6 Å². The highest BCUT2D eigenvalue weighted by molar-refractivity contribution is 7.90. The highest BCUT2D eigenvalue weighted by atomic mass is 32.2. The molecule has 3 N–H and O–H groups in total. The molecule has 0 aromatic heterocycles. The molecule has 18 heavy (non-hydrogen) atoms. The Morgan fingerprint density at radius 2 is 2.17 bits per heavy atom. The molecule has 8 heteroatoms. The lowest BCUT2D eigenvalue weighted by atomic mass is 10.1. The summed E-state index contributed by atoms with van der Waals surface area (Å²) in [6.45, 7) is 2.22. The molecule has 0 saturated heterocycles. The molecule has 0 atom stereocenters. The molecule has 6 nitrogen and oxygen atoms in total. The Morgan fingerprint density at radius 3 is 2.72 bits per heavy atom. The van der Waals surface area contributed by atoms with Gasteiger partial charge in [0.1, 0.15) is 5.82 Å². The number of hydrogen-bond donors (Lipinski definition) is 2. The van der Waals surface area contributed by atoms with Crippen LogP contribution in [0.2, 0.25) is 0 Å². The molecule has 1 aromatic rings. The lowest BCUT2D eigenvalue weighted by Crippen LogP contribution is -2.26. The van der Waals surface area contributed by atoms with E-state index >= 15 is 0 Å². The molecule has 1 aliphatic heterocycles. The van der Waals surface area contributed by atoms with Gasteiger partial charge in [0, 0.05) is 12.6 Å². The fourth-order valence-electron chi connectivity index (χ4n) is 1.97. The minimum Gasteiger partial charge on any atom is -0.312 e. The summed E-state index contributed by atoms with van der Waals surface area (Å²) in [6, 6.07) is 2.43. The SMILES string of the molecule is CCN1C(=O)Cc2cc(NS(N)(=O)=O)c(F)cc21. The van der Waals surface area contributed by atoms with Crippen molar-refractivity contribution in [2.45, 2.75) is 13.3 Å². The van der Waals surface area contributed by atoms with E-state index in [-0.39, 0.29) is 18.0 Å². The van der Waals surface area contributed by atoms with Crippen LogP contribution in [0.15, 0.2) is 12.1 Å². The van der Waals surface area contributed by atoms with Crippen LogP contribution in [-0.4, -0.2) is 20.9 Å². The topological polar surface area (TPSA) is 92.5 Å². The van der Waals surface area contributed by atoms with Crippen molar-refractivity contribution in [2.75, 3.05) is 16.2 Å². The van der Waals surface area contributed by atoms with Crippen molar-refractivity contribution in [2.24, 2.45) is 5.14 Å². The van der Waals surface area contributed by atoms with Crippen molar-refractivity contribution in [3.05, 3.63) is 23.5 Å². The zero-order valence-electron chi connectivity index (χ0n) is 9.60. The second-order valence-electron chi connectivity index (χ2n) is 3.92. The average molecular weight is 273 g/mol. The number of carbonyl (C=O) groups is 1. The molecule has 0 saturated carbocycles. The van der Waals surface area contributed by atoms with Crippen molar-refractivity contribution in [3.63, 3.8) is 0 Å². The van der Waals surface area contributed by atoms with Crippen LogP contribution >= 0.6 is 0 Å². The maximum Gasteiger partial charge on any atom is 0.296 e. The number of likely N-dealkylation sites (N-methyl/N-ethyl adjacent to an activating group) is 1. The first-order valence-corrected chi connectivity index (χ1v) is 6.79. The summed E-state index contributed by atoms with van der Waals surface area (Å²) in [7, 11) is -4.04. The maximum atomic E-state index is 13.7. The van der Waals surface area contributed by atoms with Gasteiger partial charge in [-0.05, 0) is 18.6 Å². The largest absolute Gasteiger partial charge is 0.312 e. The molecule has 0 bridgehead atoms. The smallest absolute Gasteiger partial charge is 0.296 e. The quantitative estimate of drug-likeness (QED) is 0.832. The van der Waals surface area contributed by atoms with Crippen LogP contribution in [0.5, 0.6) is 0 Å². The predicted octanol–water partition coefficient (Wildman–Crippen LogP) is 0.350. The van der Waals surface area contributed by atoms with Crippen molar-refractivity contribution in [1.29, 1.82) is 0 Å². The molecule has 0 unspecified atom stereocenters. The molecule has 0 fully saturated rings. The molecule has 98 valence electrons. The van der Waals surface area contributed by atoms with Crippen molar-refractivity contribution in [3.8, 4) is 0 Å². The molecule has 0 spiro atoms. The third-order valence-electron chi connectivity index (χ3n) is 2.67. The summed E-state index contributed by atoms with van der Waals surface area (Å²) in [5.41, 5.74) is 0.802. The molecule has 2 rings (SSSR count). The predicted molar refractivity (Wildman–Crippen MR) is 64.9 cm³/mol. The number of anilines is 2. The van der Waals surface area contributed by atoms with E-state index in [0.29, 0.717) is 17.8 Å². The van der Waals surface area contributed by atoms with Gasteiger partial charge >= 0.3 is 0 Å². The van der Waals surface area contributed by atoms with E-state index in [4.69, 9.17) is 5.14 Å². The second kappa shape index (κ2) is 4.21. The number of hydrogen-bond acceptors (Lipinski definition) is 3. The van der Waals surface area contributed by atoms with Crippen LogP contribution in [0.3, 0.4) is 0 Å². The minimum absolute atomic E-state index is 0.128. The van der Waals surface area contributed by atoms with Crippen LogP contribution < -0.4 is 14.8 Å². The molecule has 1 aromatic carbocycles. The average Bonchev–Trinajstić information content (AvgIpc) is 2.51. The van der Waals surface area contributed by atoms with Crippen molar-refractivity contribution >= 4 is 27.5 Å². The van der Waals surface area contributed by atoms with E-state index in [1.54, 1.807) is 6.92 Å². The lowest BCUT2D eigenvalue weighted by molar-refractivity contribution is -0.117. The van der Waals surface area contributed by atoms with Gasteiger partial charge in [0.15, 0.2) is 0 Å². The van der Waals surface area contributed by atoms with Gasteiger partial charge in [-0.25, -0.2) is 9.53 Å². The van der Waals surface area contributed by atoms with E-state index in [0.717, 1.165) is 6.07 Å². The summed E-state index contributed by atoms with van der Waals surface area (Å²) < 4.78 is 37.3. The van der Waals surface area contributed by atoms with Gasteiger partial charge in [0.2, 0.25) is 5.91 Å². The number of benzene rings is 1. The van der Waals surface area contributed by atoms with Gasteiger partial charge in [-0.1, -0.05) is 0 Å². The van der Waals surface area contributed by atoms with E-state index < -0.39 is 16.0 Å². The third kappa shape index (κ3) is 2.29. The number of nitrogens with one attached hydrogen (secondary N) is 1. The van der Waals surface area contributed by atoms with Crippen molar-refractivity contribution in [1.82, 2.24) is 0 Å². The van der Waals surface area contributed by atoms with E-state index in [1.165, 1.54) is 11.0 Å². The van der Waals surface area contributed by atoms with Gasteiger partial charge in [0.05, 0.1) is 17.8 Å². The molecule has 1 aliphatic rings. The first kappa shape index (κ1) is 12.8. The van der Waals surface area contributed by atoms with Crippen molar-refractivity contribution < 1.29 is 17.6 Å². The molecule has 1 amide bonds. The lowest BCUT2D eigenvalue weighted by Gasteiger charge is -2.15. The fraction of sp³-hybridized carbons (Fsp3) is 0.300. The first-order valence-electron chi connectivity index (χ1n) is 5.25. The summed E-state index contributed by atoms with van der Waals surface area (Å²) in [4.78, 5) is 13.1. The molecular formula is C10H12FN3O3S. The Labute approximate surface area is 104 Å². The van der Waals surface area contributed by atoms with Gasteiger partial charge in [-0.15, -0.1) is 0 Å². The number of rotatable bonds is 3. The standard InChI is InChI=1S/C10H12FN3O3S/c1-2-14-9-5-7(11)8(13-18(12,16)17)3-6(9)4-10(14)15/h3,5,13H,2,4H2,1H3,(H2,12,16,17). The number of carbonyl (C=O) groups excluding carboxylic acids is 1. The molecule has 0 radical (unpaired) electrons. The Bertz CT molecular complexity index is 615. The van der Waals surface area contributed by atoms with Crippen LogP contribution in [0.25, 0.3) is 0 Å². The number of amides is 1. The Kier molecular flexibility index (Phi) is 2.99. The van der Waals surface area contributed by atoms with Gasteiger partial charge < -0.3 is 4.90 Å². The van der Waals surface area contributed by atoms with Crippen LogP contribution in [0.4, 0.5) is 15.8 Å². The molecular weight excluding hydrogens is 261 g/mol. The van der Waals surface area contributed by atoms with E-state index in [2.05, 4.69) is 0 Å². The number of nitrogens with two attached hydrogens (primary N) is 1. The monoisotopic (exact) mass is 273 g/mol. The summed E-state index contributed by atoms with van der Waals surface area (Å²) in [6.07, 6.45) is 0.128. The van der Waals surface area contributed by atoms with Gasteiger partial charge in [0.25, 0.3) is 10.2 Å². The fourth-order valence-corrected chi connectivity index (χ4v) is 2.43. The van der Waals surface area contributed by atoms with Gasteiger partial charge in [-0.3, -0.25) is 9.52 Å². The highest BCUT2D eigenvalue weighted by Crippen LogP contribution is 2.33. The summed E-state index contributed by atoms with van der Waals surface area (Å²) >= 11 is 0. The van der Waals surface area contributed by atoms with E-state index in [1.807, 2.05) is 4.72 Å². The summed E-state index contributed by atoms with van der Waals surface area (Å²) in [5, 5.41) is 4.78.